The van der Waals surface area contributed by atoms with Gasteiger partial charge in [0.2, 0.25) is 4.80 Å². The first kappa shape index (κ1) is 16.9. The number of hydrogen-bond acceptors (Lipinski definition) is 4. The average Bonchev–Trinajstić information content (AvgIpc) is 3.19. The molecule has 0 spiro atoms. The summed E-state index contributed by atoms with van der Waals surface area (Å²) in [5, 5.41) is 6.84. The molecule has 0 aliphatic carbocycles. The highest BCUT2D eigenvalue weighted by atomic mass is 79.9. The van der Waals surface area contributed by atoms with Crippen molar-refractivity contribution in [2.45, 2.75) is 26.8 Å². The van der Waals surface area contributed by atoms with Crippen LogP contribution in [0, 0.1) is 0 Å². The average molecular weight is 404 g/mol. The lowest BCUT2D eigenvalue weighted by molar-refractivity contribution is 0.556. The molecule has 4 nitrogen and oxygen atoms in total. The number of furan rings is 1. The number of nitrogens with zero attached hydrogens (tertiary/aromatic N) is 3. The van der Waals surface area contributed by atoms with Crippen molar-refractivity contribution in [1.82, 2.24) is 4.68 Å². The van der Waals surface area contributed by atoms with E-state index in [9.17, 15) is 0 Å². The molecule has 0 radical (unpaired) electrons. The Bertz CT molecular complexity index is 903. The van der Waals surface area contributed by atoms with Crippen molar-refractivity contribution < 1.29 is 4.42 Å². The lowest BCUT2D eigenvalue weighted by Gasteiger charge is -2.06. The van der Waals surface area contributed by atoms with Gasteiger partial charge in [0.25, 0.3) is 0 Å². The van der Waals surface area contributed by atoms with Gasteiger partial charge in [-0.05, 0) is 45.0 Å². The molecule has 0 saturated carbocycles. The number of aromatic nitrogens is 1. The van der Waals surface area contributed by atoms with Crippen LogP contribution in [0.1, 0.15) is 26.5 Å². The summed E-state index contributed by atoms with van der Waals surface area (Å²) < 4.78 is 8.39. The zero-order chi connectivity index (χ0) is 17.1. The summed E-state index contributed by atoms with van der Waals surface area (Å²) in [6, 6.07) is 12.2. The van der Waals surface area contributed by atoms with E-state index in [0.29, 0.717) is 0 Å². The highest BCUT2D eigenvalue weighted by Gasteiger charge is 2.10. The number of hydrogen-bond donors (Lipinski definition) is 0. The summed E-state index contributed by atoms with van der Waals surface area (Å²) in [7, 11) is 0. The zero-order valence-corrected chi connectivity index (χ0v) is 16.1. The van der Waals surface area contributed by atoms with Gasteiger partial charge in [0.1, 0.15) is 11.5 Å². The van der Waals surface area contributed by atoms with Gasteiger partial charge >= 0.3 is 0 Å². The monoisotopic (exact) mass is 403 g/mol. The minimum absolute atomic E-state index is 0.201. The van der Waals surface area contributed by atoms with Gasteiger partial charge in [0.05, 0.1) is 12.0 Å². The summed E-state index contributed by atoms with van der Waals surface area (Å²) in [5.74, 6) is 0.756. The van der Waals surface area contributed by atoms with Crippen molar-refractivity contribution in [3.05, 3.63) is 63.1 Å². The van der Waals surface area contributed by atoms with E-state index in [1.54, 1.807) is 17.6 Å². The molecule has 6 heteroatoms. The molecular formula is C18H18BrN3OS. The molecule has 0 N–H and O–H groups in total. The van der Waals surface area contributed by atoms with Crippen molar-refractivity contribution in [2.75, 3.05) is 0 Å². The Morgan fingerprint density at radius 3 is 2.58 bits per heavy atom. The minimum Gasteiger partial charge on any atom is -0.463 e. The SMILES string of the molecule is CC(=Nn1c(-c2ccc(Br)cc2)csc1=NC(C)C)c1ccco1. The fourth-order valence-electron chi connectivity index (χ4n) is 2.21. The van der Waals surface area contributed by atoms with Crippen LogP contribution in [0.5, 0.6) is 0 Å². The Morgan fingerprint density at radius 2 is 1.96 bits per heavy atom. The highest BCUT2D eigenvalue weighted by molar-refractivity contribution is 9.10. The molecule has 0 unspecified atom stereocenters. The topological polar surface area (TPSA) is 42.8 Å². The molecule has 124 valence electrons. The van der Waals surface area contributed by atoms with Gasteiger partial charge in [-0.1, -0.05) is 28.1 Å². The Kier molecular flexibility index (Phi) is 5.16. The van der Waals surface area contributed by atoms with Crippen LogP contribution < -0.4 is 4.80 Å². The van der Waals surface area contributed by atoms with Crippen molar-refractivity contribution >= 4 is 33.0 Å². The van der Waals surface area contributed by atoms with E-state index in [-0.39, 0.29) is 6.04 Å². The van der Waals surface area contributed by atoms with Crippen LogP contribution in [0.4, 0.5) is 0 Å². The lowest BCUT2D eigenvalue weighted by Crippen LogP contribution is -2.16. The Hall–Kier alpha value is -1.92. The maximum absolute atomic E-state index is 5.45. The summed E-state index contributed by atoms with van der Waals surface area (Å²) in [6.07, 6.45) is 1.65. The third-order valence-electron chi connectivity index (χ3n) is 3.32. The second-order valence-electron chi connectivity index (χ2n) is 5.61. The van der Waals surface area contributed by atoms with Gasteiger partial charge in [0, 0.05) is 21.5 Å². The minimum atomic E-state index is 0.201. The Morgan fingerprint density at radius 1 is 1.21 bits per heavy atom. The molecular weight excluding hydrogens is 386 g/mol. The quantitative estimate of drug-likeness (QED) is 0.555. The first-order valence-corrected chi connectivity index (χ1v) is 9.31. The summed E-state index contributed by atoms with van der Waals surface area (Å²) in [5.41, 5.74) is 2.91. The molecule has 0 amide bonds. The highest BCUT2D eigenvalue weighted by Crippen LogP contribution is 2.23. The molecule has 3 aromatic rings. The van der Waals surface area contributed by atoms with Crippen LogP contribution in [0.15, 0.2) is 67.0 Å². The Labute approximate surface area is 153 Å². The van der Waals surface area contributed by atoms with E-state index in [1.807, 2.05) is 35.9 Å². The van der Waals surface area contributed by atoms with Crippen LogP contribution in [0.25, 0.3) is 11.3 Å². The van der Waals surface area contributed by atoms with Crippen molar-refractivity contribution in [3.8, 4) is 11.3 Å². The maximum Gasteiger partial charge on any atom is 0.206 e. The second kappa shape index (κ2) is 7.32. The van der Waals surface area contributed by atoms with Gasteiger partial charge in [0.15, 0.2) is 0 Å². The van der Waals surface area contributed by atoms with Gasteiger partial charge in [-0.25, -0.2) is 4.68 Å². The van der Waals surface area contributed by atoms with Crippen molar-refractivity contribution in [2.24, 2.45) is 10.1 Å². The third kappa shape index (κ3) is 3.76. The maximum atomic E-state index is 5.45. The first-order valence-electron chi connectivity index (χ1n) is 7.64. The van der Waals surface area contributed by atoms with Crippen LogP contribution >= 0.6 is 27.3 Å². The van der Waals surface area contributed by atoms with Crippen LogP contribution in [-0.2, 0) is 0 Å². The van der Waals surface area contributed by atoms with E-state index in [2.05, 4.69) is 47.3 Å². The van der Waals surface area contributed by atoms with Gasteiger partial charge in [-0.3, -0.25) is 4.99 Å². The fourth-order valence-corrected chi connectivity index (χ4v) is 3.44. The third-order valence-corrected chi connectivity index (χ3v) is 4.68. The fraction of sp³-hybridized carbons (Fsp3) is 0.222. The summed E-state index contributed by atoms with van der Waals surface area (Å²) in [4.78, 5) is 5.56. The number of thiazole rings is 1. The van der Waals surface area contributed by atoms with Gasteiger partial charge in [-0.15, -0.1) is 11.3 Å². The molecule has 3 rings (SSSR count). The molecule has 2 heterocycles. The van der Waals surface area contributed by atoms with E-state index in [4.69, 9.17) is 14.5 Å². The van der Waals surface area contributed by atoms with E-state index >= 15 is 0 Å². The van der Waals surface area contributed by atoms with Gasteiger partial charge < -0.3 is 4.42 Å². The molecule has 0 saturated heterocycles. The van der Waals surface area contributed by atoms with Crippen LogP contribution in [-0.4, -0.2) is 16.4 Å². The number of benzene rings is 1. The summed E-state index contributed by atoms with van der Waals surface area (Å²) >= 11 is 5.07. The molecule has 0 bridgehead atoms. The number of halogens is 1. The van der Waals surface area contributed by atoms with Crippen molar-refractivity contribution in [1.29, 1.82) is 0 Å². The zero-order valence-electron chi connectivity index (χ0n) is 13.7. The standard InChI is InChI=1S/C18H18BrN3OS/c1-12(2)20-18-22(21-13(3)17-5-4-10-23-17)16(11-24-18)14-6-8-15(19)9-7-14/h4-12H,1-3H3. The van der Waals surface area contributed by atoms with E-state index in [1.165, 1.54) is 0 Å². The van der Waals surface area contributed by atoms with E-state index in [0.717, 1.165) is 32.0 Å². The first-order chi connectivity index (χ1) is 11.5. The van der Waals surface area contributed by atoms with Crippen molar-refractivity contribution in [3.63, 3.8) is 0 Å². The molecule has 2 aromatic heterocycles. The van der Waals surface area contributed by atoms with Crippen LogP contribution in [0.2, 0.25) is 0 Å². The summed E-state index contributed by atoms with van der Waals surface area (Å²) in [6.45, 7) is 6.06. The van der Waals surface area contributed by atoms with E-state index < -0.39 is 0 Å². The second-order valence-corrected chi connectivity index (χ2v) is 7.36. The van der Waals surface area contributed by atoms with Gasteiger partial charge in [-0.2, -0.15) is 5.10 Å². The predicted molar refractivity (Wildman–Crippen MR) is 102 cm³/mol. The predicted octanol–water partition coefficient (Wildman–Crippen LogP) is 5.15. The Balaban J connectivity index is 2.16. The normalized spacial score (nSPS) is 13.0. The smallest absolute Gasteiger partial charge is 0.206 e. The molecule has 0 aliphatic rings. The molecule has 1 aromatic carbocycles. The lowest BCUT2D eigenvalue weighted by atomic mass is 10.2. The largest absolute Gasteiger partial charge is 0.463 e. The molecule has 0 atom stereocenters. The number of rotatable bonds is 4. The molecule has 24 heavy (non-hydrogen) atoms. The molecule has 0 aliphatic heterocycles. The molecule has 0 fully saturated rings. The van der Waals surface area contributed by atoms with Crippen LogP contribution in [0.3, 0.4) is 0 Å².